The van der Waals surface area contributed by atoms with E-state index in [1.54, 1.807) is 38.3 Å². The van der Waals surface area contributed by atoms with E-state index in [0.717, 1.165) is 38.4 Å². The molecule has 0 saturated heterocycles. The van der Waals surface area contributed by atoms with Crippen molar-refractivity contribution in [2.45, 2.75) is 19.1 Å². The summed E-state index contributed by atoms with van der Waals surface area (Å²) in [5.74, 6) is 0.855. The molecule has 174 valence electrons. The standard InChI is InChI=1S/C31H26O4/c1-21(34-25-19-17-24(33-2)18-20-25)31(32)35-30(28-15-7-11-22-9-3-5-13-26(22)28)29-16-8-12-23-10-4-6-14-27(23)29/h3-21,30H,1-2H3/t21-/m1/s1. The summed E-state index contributed by atoms with van der Waals surface area (Å²) in [5.41, 5.74) is 1.87. The van der Waals surface area contributed by atoms with E-state index in [9.17, 15) is 4.79 Å². The van der Waals surface area contributed by atoms with Crippen LogP contribution in [0.15, 0.2) is 109 Å². The molecule has 4 heteroatoms. The summed E-state index contributed by atoms with van der Waals surface area (Å²) in [4.78, 5) is 13.3. The summed E-state index contributed by atoms with van der Waals surface area (Å²) in [5, 5.41) is 4.27. The van der Waals surface area contributed by atoms with E-state index in [1.165, 1.54) is 0 Å². The Morgan fingerprint density at radius 2 is 1.11 bits per heavy atom. The highest BCUT2D eigenvalue weighted by Gasteiger charge is 2.26. The van der Waals surface area contributed by atoms with Crippen molar-refractivity contribution in [2.24, 2.45) is 0 Å². The maximum absolute atomic E-state index is 13.3. The van der Waals surface area contributed by atoms with Crippen LogP contribution in [0.5, 0.6) is 11.5 Å². The zero-order valence-electron chi connectivity index (χ0n) is 19.7. The maximum Gasteiger partial charge on any atom is 0.347 e. The topological polar surface area (TPSA) is 44.8 Å². The number of methoxy groups -OCH3 is 1. The number of benzene rings is 5. The Balaban J connectivity index is 1.53. The largest absolute Gasteiger partial charge is 0.497 e. The fourth-order valence-corrected chi connectivity index (χ4v) is 4.37. The highest BCUT2D eigenvalue weighted by Crippen LogP contribution is 2.36. The van der Waals surface area contributed by atoms with Gasteiger partial charge >= 0.3 is 5.97 Å². The second kappa shape index (κ2) is 9.90. The SMILES string of the molecule is COc1ccc(O[C@H](C)C(=O)OC(c2cccc3ccccc23)c2cccc3ccccc23)cc1. The van der Waals surface area contributed by atoms with Crippen molar-refractivity contribution in [3.63, 3.8) is 0 Å². The summed E-state index contributed by atoms with van der Waals surface area (Å²) in [6.45, 7) is 1.70. The van der Waals surface area contributed by atoms with Crippen LogP contribution in [-0.2, 0) is 9.53 Å². The minimum Gasteiger partial charge on any atom is -0.497 e. The van der Waals surface area contributed by atoms with Gasteiger partial charge in [0.05, 0.1) is 7.11 Å². The second-order valence-corrected chi connectivity index (χ2v) is 8.39. The summed E-state index contributed by atoms with van der Waals surface area (Å²) in [6.07, 6.45) is -1.39. The van der Waals surface area contributed by atoms with Gasteiger partial charge in [-0.2, -0.15) is 0 Å². The number of esters is 1. The minimum atomic E-state index is -0.796. The van der Waals surface area contributed by atoms with Crippen LogP contribution in [0.25, 0.3) is 21.5 Å². The lowest BCUT2D eigenvalue weighted by Gasteiger charge is -2.24. The summed E-state index contributed by atoms with van der Waals surface area (Å²) < 4.78 is 17.3. The molecular formula is C31H26O4. The molecule has 0 aromatic heterocycles. The molecule has 0 spiro atoms. The minimum absolute atomic E-state index is 0.438. The molecule has 0 radical (unpaired) electrons. The normalized spacial score (nSPS) is 12.0. The maximum atomic E-state index is 13.3. The molecule has 5 aromatic rings. The van der Waals surface area contributed by atoms with Gasteiger partial charge in [0.25, 0.3) is 0 Å². The first-order valence-electron chi connectivity index (χ1n) is 11.6. The number of ether oxygens (including phenoxy) is 3. The molecule has 0 aliphatic rings. The van der Waals surface area contributed by atoms with Gasteiger partial charge in [-0.25, -0.2) is 4.79 Å². The van der Waals surface area contributed by atoms with Crippen molar-refractivity contribution in [3.8, 4) is 11.5 Å². The second-order valence-electron chi connectivity index (χ2n) is 8.39. The van der Waals surface area contributed by atoms with Crippen LogP contribution in [0, 0.1) is 0 Å². The van der Waals surface area contributed by atoms with E-state index >= 15 is 0 Å². The molecule has 0 aliphatic heterocycles. The highest BCUT2D eigenvalue weighted by atomic mass is 16.6. The van der Waals surface area contributed by atoms with Gasteiger partial charge in [0.2, 0.25) is 0 Å². The molecule has 0 N–H and O–H groups in total. The lowest BCUT2D eigenvalue weighted by Crippen LogP contribution is -2.28. The third-order valence-corrected chi connectivity index (χ3v) is 6.15. The smallest absolute Gasteiger partial charge is 0.347 e. The molecule has 5 rings (SSSR count). The van der Waals surface area contributed by atoms with Crippen LogP contribution in [0.2, 0.25) is 0 Å². The molecule has 1 atom stereocenters. The number of hydrogen-bond donors (Lipinski definition) is 0. The van der Waals surface area contributed by atoms with E-state index in [1.807, 2.05) is 48.5 Å². The van der Waals surface area contributed by atoms with Gasteiger partial charge in [-0.3, -0.25) is 0 Å². The fourth-order valence-electron chi connectivity index (χ4n) is 4.37. The van der Waals surface area contributed by atoms with Gasteiger partial charge in [0.15, 0.2) is 12.2 Å². The van der Waals surface area contributed by atoms with Crippen LogP contribution in [0.4, 0.5) is 0 Å². The molecule has 0 fully saturated rings. The molecule has 5 aromatic carbocycles. The summed E-state index contributed by atoms with van der Waals surface area (Å²) in [6, 6.07) is 35.6. The van der Waals surface area contributed by atoms with Crippen LogP contribution >= 0.6 is 0 Å². The van der Waals surface area contributed by atoms with Crippen LogP contribution in [-0.4, -0.2) is 19.2 Å². The third kappa shape index (κ3) is 4.69. The van der Waals surface area contributed by atoms with Crippen molar-refractivity contribution < 1.29 is 19.0 Å². The average molecular weight is 463 g/mol. The Kier molecular flexibility index (Phi) is 6.36. The van der Waals surface area contributed by atoms with Gasteiger partial charge in [-0.15, -0.1) is 0 Å². The Bertz CT molecular complexity index is 1380. The van der Waals surface area contributed by atoms with Crippen LogP contribution < -0.4 is 9.47 Å². The van der Waals surface area contributed by atoms with Crippen LogP contribution in [0.3, 0.4) is 0 Å². The third-order valence-electron chi connectivity index (χ3n) is 6.15. The van der Waals surface area contributed by atoms with E-state index in [4.69, 9.17) is 14.2 Å². The molecule has 0 aliphatic carbocycles. The predicted octanol–water partition coefficient (Wildman–Crippen LogP) is 7.10. The number of rotatable bonds is 7. The Morgan fingerprint density at radius 3 is 1.66 bits per heavy atom. The van der Waals surface area contributed by atoms with E-state index in [2.05, 4.69) is 36.4 Å². The zero-order chi connectivity index (χ0) is 24.2. The van der Waals surface area contributed by atoms with Gasteiger partial charge in [0, 0.05) is 11.1 Å². The quantitative estimate of drug-likeness (QED) is 0.242. The Labute approximate surface area is 204 Å². The monoisotopic (exact) mass is 462 g/mol. The lowest BCUT2D eigenvalue weighted by molar-refractivity contribution is -0.155. The molecule has 4 nitrogen and oxygen atoms in total. The summed E-state index contributed by atoms with van der Waals surface area (Å²) in [7, 11) is 1.61. The molecule has 0 heterocycles. The first-order chi connectivity index (χ1) is 17.1. The van der Waals surface area contributed by atoms with Crippen molar-refractivity contribution >= 4 is 27.5 Å². The molecule has 0 saturated carbocycles. The van der Waals surface area contributed by atoms with Crippen LogP contribution in [0.1, 0.15) is 24.2 Å². The predicted molar refractivity (Wildman–Crippen MR) is 139 cm³/mol. The van der Waals surface area contributed by atoms with Gasteiger partial charge in [-0.05, 0) is 52.7 Å². The van der Waals surface area contributed by atoms with Crippen molar-refractivity contribution in [1.29, 1.82) is 0 Å². The average Bonchev–Trinajstić information content (AvgIpc) is 2.91. The fraction of sp³-hybridized carbons (Fsp3) is 0.129. The molecule has 0 bridgehead atoms. The van der Waals surface area contributed by atoms with Gasteiger partial charge < -0.3 is 14.2 Å². The molecule has 0 unspecified atom stereocenters. The first kappa shape index (κ1) is 22.5. The number of fused-ring (bicyclic) bond motifs is 2. The number of hydrogen-bond acceptors (Lipinski definition) is 4. The van der Waals surface area contributed by atoms with Crippen molar-refractivity contribution in [1.82, 2.24) is 0 Å². The van der Waals surface area contributed by atoms with Gasteiger partial charge in [0.1, 0.15) is 11.5 Å². The number of carbonyl (C=O) groups is 1. The Morgan fingerprint density at radius 1 is 0.629 bits per heavy atom. The lowest BCUT2D eigenvalue weighted by atomic mass is 9.92. The van der Waals surface area contributed by atoms with E-state index in [0.29, 0.717) is 5.75 Å². The Hall–Kier alpha value is -4.31. The van der Waals surface area contributed by atoms with Crippen molar-refractivity contribution in [3.05, 3.63) is 120 Å². The highest BCUT2D eigenvalue weighted by molar-refractivity contribution is 5.90. The molecule has 35 heavy (non-hydrogen) atoms. The molecule has 0 amide bonds. The number of carbonyl (C=O) groups excluding carboxylic acids is 1. The van der Waals surface area contributed by atoms with E-state index in [-0.39, 0.29) is 0 Å². The summed E-state index contributed by atoms with van der Waals surface area (Å²) >= 11 is 0. The van der Waals surface area contributed by atoms with Gasteiger partial charge in [-0.1, -0.05) is 84.9 Å². The first-order valence-corrected chi connectivity index (χ1v) is 11.6. The van der Waals surface area contributed by atoms with Crippen molar-refractivity contribution in [2.75, 3.05) is 7.11 Å². The molecular weight excluding hydrogens is 436 g/mol. The zero-order valence-corrected chi connectivity index (χ0v) is 19.7. The van der Waals surface area contributed by atoms with E-state index < -0.39 is 18.2 Å².